The maximum atomic E-state index is 10.9. The number of aliphatic carboxylic acids is 4. The van der Waals surface area contributed by atoms with Crippen molar-refractivity contribution >= 4 is 23.9 Å². The van der Waals surface area contributed by atoms with Crippen molar-refractivity contribution in [3.63, 3.8) is 0 Å². The normalized spacial score (nSPS) is 38.2. The summed E-state index contributed by atoms with van der Waals surface area (Å²) < 4.78 is 22.3. The summed E-state index contributed by atoms with van der Waals surface area (Å²) in [6.07, 6.45) is -16.4. The second-order valence-electron chi connectivity index (χ2n) is 10.9. The number of ether oxygens (including phenoxy) is 4. The van der Waals surface area contributed by atoms with Crippen LogP contribution >= 0.6 is 0 Å². The predicted octanol–water partition coefficient (Wildman–Crippen LogP) is -6.93. The van der Waals surface area contributed by atoms with Gasteiger partial charge in [-0.05, 0) is 6.42 Å². The molecule has 1 aliphatic carbocycles. The third-order valence-electron chi connectivity index (χ3n) is 6.47. The predicted molar refractivity (Wildman–Crippen MR) is 161 cm³/mol. The molecule has 23 heteroatoms. The molecule has 19 N–H and O–H groups in total. The van der Waals surface area contributed by atoms with Crippen LogP contribution in [0.25, 0.3) is 0 Å². The van der Waals surface area contributed by atoms with E-state index in [1.807, 2.05) is 0 Å². The van der Waals surface area contributed by atoms with Gasteiger partial charge in [0.2, 0.25) is 0 Å². The fourth-order valence-electron chi connectivity index (χ4n) is 4.40. The Morgan fingerprint density at radius 2 is 0.939 bits per heavy atom. The van der Waals surface area contributed by atoms with Crippen LogP contribution < -0.4 is 22.9 Å². The number of nitrogens with two attached hydrogens (primary N) is 4. The Labute approximate surface area is 280 Å². The van der Waals surface area contributed by atoms with Crippen molar-refractivity contribution < 1.29 is 94.3 Å². The molecule has 0 radical (unpaired) electrons. The minimum Gasteiger partial charge on any atom is -0.481 e. The molecule has 49 heavy (non-hydrogen) atoms. The van der Waals surface area contributed by atoms with Crippen molar-refractivity contribution in [2.45, 2.75) is 126 Å². The third-order valence-corrected chi connectivity index (χ3v) is 6.47. The van der Waals surface area contributed by atoms with Gasteiger partial charge in [0.05, 0.1) is 12.6 Å². The van der Waals surface area contributed by atoms with Crippen LogP contribution in [0.2, 0.25) is 0 Å². The first-order valence-corrected chi connectivity index (χ1v) is 14.5. The highest BCUT2D eigenvalue weighted by Gasteiger charge is 2.51. The van der Waals surface area contributed by atoms with Gasteiger partial charge in [-0.2, -0.15) is 0 Å². The Kier molecular flexibility index (Phi) is 23.3. The number of carbonyl (C=O) groups is 4. The number of rotatable bonds is 6. The van der Waals surface area contributed by atoms with Gasteiger partial charge in [0.25, 0.3) is 23.9 Å². The molecular weight excluding hydrogens is 672 g/mol. The molecule has 0 spiro atoms. The standard InChI is InChI=1S/C18H36N4O11.4C2H4O2/c19-2-6-9(24)12(27)13(28)18(30-6)33-16-5(21)1-4(20)15(14(16)29)32-17-8(22)11(26)10(25)7(3-23)31-17;4*1-2(3)4/h4-18,23-29H,1-3,19-22H2;4*1H3,(H,3,4)/t4-,5+,6+,7-,8-,9+,10-,11-,12-,13+,14-,15+,16-,17-,18+;;;;/m1..../s1. The van der Waals surface area contributed by atoms with Crippen molar-refractivity contribution in [2.75, 3.05) is 13.2 Å². The fraction of sp³-hybridized carbons (Fsp3) is 0.846. The monoisotopic (exact) mass is 724 g/mol. The largest absolute Gasteiger partial charge is 0.481 e. The van der Waals surface area contributed by atoms with Gasteiger partial charge in [-0.3, -0.25) is 19.2 Å². The molecule has 23 nitrogen and oxygen atoms in total. The summed E-state index contributed by atoms with van der Waals surface area (Å²) in [4.78, 5) is 36.0. The minimum absolute atomic E-state index is 0.0945. The minimum atomic E-state index is -1.66. The number of hydrogen-bond acceptors (Lipinski definition) is 19. The quantitative estimate of drug-likeness (QED) is 0.121. The van der Waals surface area contributed by atoms with E-state index in [0.717, 1.165) is 27.7 Å². The maximum Gasteiger partial charge on any atom is 0.300 e. The first kappa shape index (κ1) is 48.4. The lowest BCUT2D eigenvalue weighted by Gasteiger charge is -2.48. The fourth-order valence-corrected chi connectivity index (χ4v) is 4.40. The average Bonchev–Trinajstić information content (AvgIpc) is 2.96. The van der Waals surface area contributed by atoms with E-state index in [1.165, 1.54) is 0 Å². The summed E-state index contributed by atoms with van der Waals surface area (Å²) in [7, 11) is 0. The zero-order valence-electron chi connectivity index (χ0n) is 27.3. The lowest BCUT2D eigenvalue weighted by molar-refractivity contribution is -0.328. The van der Waals surface area contributed by atoms with E-state index in [0.29, 0.717) is 0 Å². The van der Waals surface area contributed by atoms with Crippen LogP contribution in [0.3, 0.4) is 0 Å². The molecular formula is C26H52N4O19. The topological polar surface area (TPSA) is 432 Å². The zero-order chi connectivity index (χ0) is 38.9. The highest BCUT2D eigenvalue weighted by molar-refractivity contribution is 5.63. The van der Waals surface area contributed by atoms with Crippen LogP contribution in [0.4, 0.5) is 0 Å². The zero-order valence-corrected chi connectivity index (χ0v) is 27.3. The molecule has 1 saturated carbocycles. The van der Waals surface area contributed by atoms with Crippen LogP contribution in [0, 0.1) is 0 Å². The van der Waals surface area contributed by atoms with Crippen molar-refractivity contribution in [1.82, 2.24) is 0 Å². The van der Waals surface area contributed by atoms with E-state index in [2.05, 4.69) is 0 Å². The van der Waals surface area contributed by atoms with Crippen molar-refractivity contribution in [3.8, 4) is 0 Å². The summed E-state index contributed by atoms with van der Waals surface area (Å²) in [5, 5.41) is 100. The van der Waals surface area contributed by atoms with Gasteiger partial charge in [0, 0.05) is 46.3 Å². The van der Waals surface area contributed by atoms with E-state index in [-0.39, 0.29) is 13.0 Å². The molecule has 3 fully saturated rings. The van der Waals surface area contributed by atoms with Crippen molar-refractivity contribution in [2.24, 2.45) is 22.9 Å². The Hall–Kier alpha value is -2.72. The van der Waals surface area contributed by atoms with E-state index < -0.39 is 122 Å². The Bertz CT molecular complexity index is 880. The van der Waals surface area contributed by atoms with Crippen molar-refractivity contribution in [1.29, 1.82) is 0 Å². The SMILES string of the molecule is CC(=O)O.CC(=O)O.CC(=O)O.CC(=O)O.NC[C@@H]1O[C@@H](O[C@H]2[C@H](O)[C@@H](O[C@H]3O[C@H](CO)[C@@H](O)[C@H](O)[C@H]3N)[C@H](N)C[C@@H]2N)[C@@H](O)[C@H](O)[C@H]1O. The number of carboxylic acid groups (broad SMARTS) is 4. The smallest absolute Gasteiger partial charge is 0.300 e. The van der Waals surface area contributed by atoms with Crippen molar-refractivity contribution in [3.05, 3.63) is 0 Å². The van der Waals surface area contributed by atoms with Crippen LogP contribution in [-0.4, -0.2) is 185 Å². The van der Waals surface area contributed by atoms with E-state index in [9.17, 15) is 35.7 Å². The van der Waals surface area contributed by atoms with Gasteiger partial charge in [0.1, 0.15) is 61.0 Å². The number of aliphatic hydroxyl groups is 7. The summed E-state index contributed by atoms with van der Waals surface area (Å²) in [5.41, 5.74) is 23.6. The second kappa shape index (κ2) is 23.6. The molecule has 2 aliphatic heterocycles. The van der Waals surface area contributed by atoms with Crippen LogP contribution in [0.1, 0.15) is 34.1 Å². The molecule has 0 aromatic rings. The van der Waals surface area contributed by atoms with E-state index in [1.54, 1.807) is 0 Å². The highest BCUT2D eigenvalue weighted by Crippen LogP contribution is 2.31. The Morgan fingerprint density at radius 3 is 1.31 bits per heavy atom. The number of hydrogen-bond donors (Lipinski definition) is 15. The van der Waals surface area contributed by atoms with Crippen LogP contribution in [0.15, 0.2) is 0 Å². The van der Waals surface area contributed by atoms with Gasteiger partial charge >= 0.3 is 0 Å². The molecule has 290 valence electrons. The Balaban J connectivity index is 0. The van der Waals surface area contributed by atoms with Gasteiger partial charge in [0.15, 0.2) is 12.6 Å². The summed E-state index contributed by atoms with van der Waals surface area (Å²) in [6.45, 7) is 3.55. The molecule has 0 unspecified atom stereocenters. The van der Waals surface area contributed by atoms with E-state index in [4.69, 9.17) is 81.5 Å². The molecule has 0 bridgehead atoms. The molecule has 0 aromatic heterocycles. The second-order valence-corrected chi connectivity index (χ2v) is 10.9. The van der Waals surface area contributed by atoms with Gasteiger partial charge in [-0.15, -0.1) is 0 Å². The molecule has 0 aromatic carbocycles. The molecule has 15 atom stereocenters. The first-order chi connectivity index (χ1) is 22.4. The lowest BCUT2D eigenvalue weighted by Crippen LogP contribution is -2.68. The van der Waals surface area contributed by atoms with Gasteiger partial charge in [-0.25, -0.2) is 0 Å². The van der Waals surface area contributed by atoms with Gasteiger partial charge < -0.3 is 98.1 Å². The molecule has 2 heterocycles. The molecule has 2 saturated heterocycles. The van der Waals surface area contributed by atoms with E-state index >= 15 is 0 Å². The number of aliphatic hydroxyl groups excluding tert-OH is 7. The first-order valence-electron chi connectivity index (χ1n) is 14.5. The average molecular weight is 725 g/mol. The van der Waals surface area contributed by atoms with Crippen LogP contribution in [0.5, 0.6) is 0 Å². The highest BCUT2D eigenvalue weighted by atomic mass is 16.7. The number of carboxylic acids is 4. The third kappa shape index (κ3) is 17.7. The molecule has 3 aliphatic rings. The summed E-state index contributed by atoms with van der Waals surface area (Å²) in [6, 6.07) is -2.87. The van der Waals surface area contributed by atoms with Gasteiger partial charge in [-0.1, -0.05) is 0 Å². The summed E-state index contributed by atoms with van der Waals surface area (Å²) in [5.74, 6) is -3.33. The Morgan fingerprint density at radius 1 is 0.592 bits per heavy atom. The molecule has 3 rings (SSSR count). The lowest BCUT2D eigenvalue weighted by atomic mass is 9.84. The molecule has 0 amide bonds. The van der Waals surface area contributed by atoms with Crippen LogP contribution in [-0.2, 0) is 38.1 Å². The maximum absolute atomic E-state index is 10.9. The summed E-state index contributed by atoms with van der Waals surface area (Å²) >= 11 is 0.